The molecule has 0 aromatic carbocycles. The summed E-state index contributed by atoms with van der Waals surface area (Å²) < 4.78 is 5.62. The minimum atomic E-state index is -0.131. The van der Waals surface area contributed by atoms with Crippen LogP contribution in [0, 0.1) is 0 Å². The Labute approximate surface area is 59.7 Å². The molecule has 0 saturated heterocycles. The zero-order chi connectivity index (χ0) is 6.53. The van der Waals surface area contributed by atoms with Crippen molar-refractivity contribution >= 4 is 9.76 Å². The Balaban J connectivity index is 2.08. The van der Waals surface area contributed by atoms with Gasteiger partial charge in [-0.1, -0.05) is 25.8 Å². The molecule has 1 fully saturated rings. The van der Waals surface area contributed by atoms with Crippen molar-refractivity contribution in [2.75, 3.05) is 0 Å². The van der Waals surface area contributed by atoms with E-state index in [1.54, 1.807) is 0 Å². The van der Waals surface area contributed by atoms with Gasteiger partial charge in [0.25, 0.3) is 0 Å². The van der Waals surface area contributed by atoms with E-state index >= 15 is 0 Å². The molecule has 1 rings (SSSR count). The van der Waals surface area contributed by atoms with E-state index in [1.165, 1.54) is 32.1 Å². The summed E-state index contributed by atoms with van der Waals surface area (Å²) in [6.07, 6.45) is 7.57. The highest BCUT2D eigenvalue weighted by molar-refractivity contribution is 6.24. The first-order valence-electron chi connectivity index (χ1n) is 4.05. The van der Waals surface area contributed by atoms with Gasteiger partial charge in [-0.25, -0.2) is 0 Å². The molecule has 2 heteroatoms. The Morgan fingerprint density at radius 1 is 1.22 bits per heavy atom. The molecule has 1 aliphatic carbocycles. The Hall–Kier alpha value is 0.177. The quantitative estimate of drug-likeness (QED) is 0.533. The van der Waals surface area contributed by atoms with Crippen LogP contribution in [0.2, 0.25) is 6.55 Å². The molecule has 0 spiro atoms. The third-order valence-corrected chi connectivity index (χ3v) is 2.76. The van der Waals surface area contributed by atoms with E-state index in [2.05, 4.69) is 6.55 Å². The molecule has 9 heavy (non-hydrogen) atoms. The van der Waals surface area contributed by atoms with Crippen molar-refractivity contribution in [3.8, 4) is 0 Å². The minimum absolute atomic E-state index is 0.131. The lowest BCUT2D eigenvalue weighted by Crippen LogP contribution is -2.17. The Morgan fingerprint density at radius 3 is 2.44 bits per heavy atom. The zero-order valence-electron chi connectivity index (χ0n) is 6.23. The molecule has 1 aliphatic rings. The summed E-state index contributed by atoms with van der Waals surface area (Å²) in [4.78, 5) is 0. The van der Waals surface area contributed by atoms with E-state index in [0.29, 0.717) is 6.10 Å². The maximum absolute atomic E-state index is 5.62. The first-order chi connectivity index (χ1) is 4.43. The molecule has 0 atom stereocenters. The van der Waals surface area contributed by atoms with Crippen LogP contribution in [0.15, 0.2) is 0 Å². The summed E-state index contributed by atoms with van der Waals surface area (Å²) in [6.45, 7) is 2.22. The van der Waals surface area contributed by atoms with Crippen LogP contribution in [0.5, 0.6) is 0 Å². The highest BCUT2D eigenvalue weighted by atomic mass is 28.2. The van der Waals surface area contributed by atoms with E-state index in [9.17, 15) is 0 Å². The molecule has 1 saturated carbocycles. The Kier molecular flexibility index (Phi) is 3.29. The molecule has 0 unspecified atom stereocenters. The third-order valence-electron chi connectivity index (χ3n) is 1.95. The summed E-state index contributed by atoms with van der Waals surface area (Å²) >= 11 is 0. The highest BCUT2D eigenvalue weighted by Gasteiger charge is 2.11. The first-order valence-corrected chi connectivity index (χ1v) is 6.04. The van der Waals surface area contributed by atoms with Gasteiger partial charge in [0.1, 0.15) is 0 Å². The fraction of sp³-hybridized carbons (Fsp3) is 1.00. The van der Waals surface area contributed by atoms with Crippen molar-refractivity contribution in [2.24, 2.45) is 0 Å². The molecular weight excluding hydrogens is 128 g/mol. The van der Waals surface area contributed by atoms with E-state index in [4.69, 9.17) is 4.43 Å². The Bertz CT molecular complexity index is 66.6. The van der Waals surface area contributed by atoms with Gasteiger partial charge < -0.3 is 4.43 Å². The van der Waals surface area contributed by atoms with Gasteiger partial charge in [-0.05, 0) is 12.8 Å². The fourth-order valence-corrected chi connectivity index (χ4v) is 2.27. The summed E-state index contributed by atoms with van der Waals surface area (Å²) in [5.41, 5.74) is 0. The molecule has 54 valence electrons. The predicted molar refractivity (Wildman–Crippen MR) is 42.4 cm³/mol. The van der Waals surface area contributed by atoms with Gasteiger partial charge in [0.2, 0.25) is 0 Å². The second kappa shape index (κ2) is 4.07. The number of hydrogen-bond donors (Lipinski definition) is 0. The van der Waals surface area contributed by atoms with Crippen LogP contribution in [-0.2, 0) is 4.43 Å². The number of hydrogen-bond acceptors (Lipinski definition) is 1. The minimum Gasteiger partial charge on any atom is -0.421 e. The second-order valence-electron chi connectivity index (χ2n) is 2.72. The lowest BCUT2D eigenvalue weighted by atomic mass is 9.98. The predicted octanol–water partition coefficient (Wildman–Crippen LogP) is 1.47. The molecule has 0 radical (unpaired) electrons. The smallest absolute Gasteiger partial charge is 0.158 e. The normalized spacial score (nSPS) is 23.7. The molecule has 0 heterocycles. The molecule has 0 bridgehead atoms. The van der Waals surface area contributed by atoms with Crippen molar-refractivity contribution in [1.29, 1.82) is 0 Å². The van der Waals surface area contributed by atoms with Crippen LogP contribution < -0.4 is 0 Å². The van der Waals surface area contributed by atoms with Crippen LogP contribution in [0.3, 0.4) is 0 Å². The van der Waals surface area contributed by atoms with Crippen molar-refractivity contribution in [3.63, 3.8) is 0 Å². The average Bonchev–Trinajstić information content (AvgIpc) is 1.91. The molecule has 1 nitrogen and oxygen atoms in total. The largest absolute Gasteiger partial charge is 0.421 e. The first kappa shape index (κ1) is 7.29. The molecule has 0 N–H and O–H groups in total. The van der Waals surface area contributed by atoms with Crippen molar-refractivity contribution in [2.45, 2.75) is 44.8 Å². The highest BCUT2D eigenvalue weighted by Crippen LogP contribution is 2.19. The van der Waals surface area contributed by atoms with E-state index in [-0.39, 0.29) is 9.76 Å². The van der Waals surface area contributed by atoms with Crippen molar-refractivity contribution in [3.05, 3.63) is 0 Å². The molecule has 0 aromatic heterocycles. The number of rotatable bonds is 2. The zero-order valence-corrected chi connectivity index (χ0v) is 7.64. The van der Waals surface area contributed by atoms with Crippen LogP contribution in [0.4, 0.5) is 0 Å². The van der Waals surface area contributed by atoms with E-state index in [1.807, 2.05) is 0 Å². The molecule has 0 amide bonds. The van der Waals surface area contributed by atoms with E-state index < -0.39 is 0 Å². The summed E-state index contributed by atoms with van der Waals surface area (Å²) in [6, 6.07) is 0. The maximum Gasteiger partial charge on any atom is 0.158 e. The third kappa shape index (κ3) is 2.50. The van der Waals surface area contributed by atoms with Gasteiger partial charge in [0, 0.05) is 6.10 Å². The van der Waals surface area contributed by atoms with Gasteiger partial charge in [0.05, 0.1) is 0 Å². The fourth-order valence-electron chi connectivity index (χ4n) is 1.47. The standard InChI is InChI=1S/C7H16OSi/c1-9-8-7-5-3-2-4-6-7/h7H,2-6,9H2,1H3. The molecule has 0 aliphatic heterocycles. The topological polar surface area (TPSA) is 9.23 Å². The van der Waals surface area contributed by atoms with Gasteiger partial charge in [-0.15, -0.1) is 0 Å². The lowest BCUT2D eigenvalue weighted by molar-refractivity contribution is 0.163. The van der Waals surface area contributed by atoms with Crippen LogP contribution in [-0.4, -0.2) is 15.9 Å². The Morgan fingerprint density at radius 2 is 1.89 bits per heavy atom. The average molecular weight is 144 g/mol. The molecular formula is C7H16OSi. The van der Waals surface area contributed by atoms with Crippen molar-refractivity contribution in [1.82, 2.24) is 0 Å². The van der Waals surface area contributed by atoms with Gasteiger partial charge >= 0.3 is 0 Å². The molecule has 0 aromatic rings. The summed E-state index contributed by atoms with van der Waals surface area (Å²) in [7, 11) is -0.131. The van der Waals surface area contributed by atoms with Crippen LogP contribution in [0.1, 0.15) is 32.1 Å². The second-order valence-corrected chi connectivity index (χ2v) is 3.63. The van der Waals surface area contributed by atoms with Gasteiger partial charge in [-0.3, -0.25) is 0 Å². The lowest BCUT2D eigenvalue weighted by Gasteiger charge is -2.21. The van der Waals surface area contributed by atoms with Gasteiger partial charge in [0.15, 0.2) is 9.76 Å². The van der Waals surface area contributed by atoms with Crippen molar-refractivity contribution < 1.29 is 4.43 Å². The van der Waals surface area contributed by atoms with Crippen LogP contribution >= 0.6 is 0 Å². The van der Waals surface area contributed by atoms with Crippen LogP contribution in [0.25, 0.3) is 0 Å². The van der Waals surface area contributed by atoms with E-state index in [0.717, 1.165) is 0 Å². The van der Waals surface area contributed by atoms with Gasteiger partial charge in [-0.2, -0.15) is 0 Å². The summed E-state index contributed by atoms with van der Waals surface area (Å²) in [5.74, 6) is 0. The SMILES string of the molecule is C[SiH2]OC1CCCCC1. The summed E-state index contributed by atoms with van der Waals surface area (Å²) in [5, 5.41) is 0. The monoisotopic (exact) mass is 144 g/mol. The maximum atomic E-state index is 5.62.